The molecule has 140 valence electrons. The third-order valence-electron chi connectivity index (χ3n) is 4.24. The zero-order chi connectivity index (χ0) is 19.6. The van der Waals surface area contributed by atoms with Crippen molar-refractivity contribution in [3.63, 3.8) is 0 Å². The zero-order valence-electron chi connectivity index (χ0n) is 15.0. The lowest BCUT2D eigenvalue weighted by atomic mass is 10.1. The van der Waals surface area contributed by atoms with Gasteiger partial charge in [-0.25, -0.2) is 18.5 Å². The van der Waals surface area contributed by atoms with E-state index < -0.39 is 10.0 Å². The summed E-state index contributed by atoms with van der Waals surface area (Å²) in [6.45, 7) is 3.95. The van der Waals surface area contributed by atoms with Crippen LogP contribution in [0.15, 0.2) is 54.9 Å². The Bertz CT molecular complexity index is 1070. The molecule has 0 spiro atoms. The van der Waals surface area contributed by atoms with Crippen LogP contribution in [-0.4, -0.2) is 23.9 Å². The van der Waals surface area contributed by atoms with Crippen molar-refractivity contribution in [2.45, 2.75) is 19.6 Å². The van der Waals surface area contributed by atoms with E-state index in [4.69, 9.17) is 5.14 Å². The molecule has 3 rings (SSSR count). The highest BCUT2D eigenvalue weighted by atomic mass is 32.2. The molecule has 0 aliphatic heterocycles. The number of nitrogens with zero attached hydrogens (tertiary/aromatic N) is 2. The highest BCUT2D eigenvalue weighted by Crippen LogP contribution is 2.17. The molecule has 2 aromatic carbocycles. The summed E-state index contributed by atoms with van der Waals surface area (Å²) < 4.78 is 24.2. The van der Waals surface area contributed by atoms with Crippen molar-refractivity contribution in [2.24, 2.45) is 5.14 Å². The van der Waals surface area contributed by atoms with Gasteiger partial charge < -0.3 is 9.88 Å². The van der Waals surface area contributed by atoms with Crippen molar-refractivity contribution >= 4 is 21.6 Å². The van der Waals surface area contributed by atoms with Crippen molar-refractivity contribution in [3.8, 4) is 5.69 Å². The second-order valence-electron chi connectivity index (χ2n) is 6.29. The van der Waals surface area contributed by atoms with Crippen LogP contribution in [0.3, 0.4) is 0 Å². The van der Waals surface area contributed by atoms with Crippen molar-refractivity contribution in [1.29, 1.82) is 0 Å². The lowest BCUT2D eigenvalue weighted by Gasteiger charge is -2.09. The quantitative estimate of drug-likeness (QED) is 0.705. The van der Waals surface area contributed by atoms with E-state index in [1.807, 2.05) is 42.7 Å². The fraction of sp³-hybridized carbons (Fsp3) is 0.158. The van der Waals surface area contributed by atoms with Crippen molar-refractivity contribution < 1.29 is 13.2 Å². The highest BCUT2D eigenvalue weighted by Gasteiger charge is 2.09. The van der Waals surface area contributed by atoms with E-state index in [1.54, 1.807) is 30.6 Å². The molecule has 1 aromatic heterocycles. The molecular formula is C19H20N4O3S. The lowest BCUT2D eigenvalue weighted by Crippen LogP contribution is -2.15. The monoisotopic (exact) mass is 384 g/mol. The molecule has 0 saturated heterocycles. The first-order valence-corrected chi connectivity index (χ1v) is 9.96. The Kier molecular flexibility index (Phi) is 5.11. The summed E-state index contributed by atoms with van der Waals surface area (Å²) in [6, 6.07) is 13.7. The van der Waals surface area contributed by atoms with Crippen LogP contribution in [0.25, 0.3) is 5.69 Å². The number of carbonyl (C=O) groups excluding carboxylic acids is 1. The smallest absolute Gasteiger partial charge is 0.255 e. The van der Waals surface area contributed by atoms with E-state index >= 15 is 0 Å². The zero-order valence-corrected chi connectivity index (χ0v) is 15.8. The molecule has 0 radical (unpaired) electrons. The van der Waals surface area contributed by atoms with Gasteiger partial charge in [-0.2, -0.15) is 0 Å². The number of sulfonamides is 1. The third-order valence-corrected chi connectivity index (χ3v) is 4.97. The first-order chi connectivity index (χ1) is 12.7. The Morgan fingerprint density at radius 3 is 2.22 bits per heavy atom. The van der Waals surface area contributed by atoms with Crippen LogP contribution >= 0.6 is 0 Å². The molecule has 3 aromatic rings. The Labute approximate surface area is 157 Å². The van der Waals surface area contributed by atoms with Crippen LogP contribution in [0.5, 0.6) is 0 Å². The molecule has 0 bridgehead atoms. The van der Waals surface area contributed by atoms with E-state index in [0.29, 0.717) is 16.8 Å². The van der Waals surface area contributed by atoms with Gasteiger partial charge in [0, 0.05) is 22.6 Å². The lowest BCUT2D eigenvalue weighted by molar-refractivity contribution is 0.102. The number of aryl methyl sites for hydroxylation is 1. The van der Waals surface area contributed by atoms with Gasteiger partial charge in [0.25, 0.3) is 5.91 Å². The Morgan fingerprint density at radius 2 is 1.70 bits per heavy atom. The van der Waals surface area contributed by atoms with E-state index in [2.05, 4.69) is 10.3 Å². The molecule has 8 heteroatoms. The molecule has 3 N–H and O–H groups in total. The molecule has 7 nitrogen and oxygen atoms in total. The molecule has 0 aliphatic carbocycles. The topological polar surface area (TPSA) is 107 Å². The second kappa shape index (κ2) is 7.34. The number of nitrogens with two attached hydrogens (primary N) is 1. The molecule has 0 aliphatic rings. The summed E-state index contributed by atoms with van der Waals surface area (Å²) in [5.41, 5.74) is 4.61. The van der Waals surface area contributed by atoms with E-state index in [9.17, 15) is 13.2 Å². The van der Waals surface area contributed by atoms with Crippen LogP contribution in [0.4, 0.5) is 5.69 Å². The molecular weight excluding hydrogens is 364 g/mol. The number of anilines is 1. The summed E-state index contributed by atoms with van der Waals surface area (Å²) in [4.78, 5) is 16.6. The Balaban J connectivity index is 1.70. The van der Waals surface area contributed by atoms with Crippen LogP contribution in [-0.2, 0) is 15.8 Å². The molecule has 0 atom stereocenters. The average Bonchev–Trinajstić information content (AvgIpc) is 2.94. The number of hydrogen-bond acceptors (Lipinski definition) is 4. The molecule has 1 heterocycles. The van der Waals surface area contributed by atoms with Crippen molar-refractivity contribution in [2.75, 3.05) is 5.32 Å². The molecule has 0 saturated carbocycles. The number of imidazole rings is 1. The van der Waals surface area contributed by atoms with Gasteiger partial charge in [-0.15, -0.1) is 0 Å². The van der Waals surface area contributed by atoms with Crippen LogP contribution in [0.1, 0.15) is 27.3 Å². The Hall–Kier alpha value is -2.97. The SMILES string of the molecule is Cc1ncn(-c2ccc(NC(=O)c3ccc(CS(N)(=O)=O)cc3)cc2)c1C. The van der Waals surface area contributed by atoms with Crippen LogP contribution in [0.2, 0.25) is 0 Å². The normalized spacial score (nSPS) is 11.4. The minimum Gasteiger partial charge on any atom is -0.322 e. The number of nitrogens with one attached hydrogen (secondary N) is 1. The first kappa shape index (κ1) is 18.8. The fourth-order valence-corrected chi connectivity index (χ4v) is 3.31. The number of hydrogen-bond donors (Lipinski definition) is 2. The molecule has 1 amide bonds. The summed E-state index contributed by atoms with van der Waals surface area (Å²) in [5.74, 6) is -0.539. The minimum absolute atomic E-state index is 0.260. The standard InChI is InChI=1S/C19H20N4O3S/c1-13-14(2)23(12-21-13)18-9-7-17(8-10-18)22-19(24)16-5-3-15(4-6-16)11-27(20,25)26/h3-10,12H,11H2,1-2H3,(H,22,24)(H2,20,25,26). The van der Waals surface area contributed by atoms with Crippen molar-refractivity contribution in [3.05, 3.63) is 77.4 Å². The fourth-order valence-electron chi connectivity index (χ4n) is 2.65. The predicted molar refractivity (Wildman–Crippen MR) is 104 cm³/mol. The second-order valence-corrected chi connectivity index (χ2v) is 7.90. The van der Waals surface area contributed by atoms with Crippen LogP contribution < -0.4 is 10.5 Å². The van der Waals surface area contributed by atoms with Gasteiger partial charge in [-0.1, -0.05) is 12.1 Å². The minimum atomic E-state index is -3.59. The number of primary sulfonamides is 1. The van der Waals surface area contributed by atoms with Crippen molar-refractivity contribution in [1.82, 2.24) is 9.55 Å². The van der Waals surface area contributed by atoms with E-state index in [-0.39, 0.29) is 11.7 Å². The van der Waals surface area contributed by atoms with Gasteiger partial charge in [-0.3, -0.25) is 4.79 Å². The molecule has 0 fully saturated rings. The first-order valence-electron chi connectivity index (χ1n) is 8.25. The number of rotatable bonds is 5. The van der Waals surface area contributed by atoms with Crippen LogP contribution in [0, 0.1) is 13.8 Å². The number of benzene rings is 2. The predicted octanol–water partition coefficient (Wildman–Crippen LogP) is 2.53. The van der Waals surface area contributed by atoms with Gasteiger partial charge in [0.1, 0.15) is 0 Å². The number of carbonyl (C=O) groups is 1. The maximum absolute atomic E-state index is 12.4. The van der Waals surface area contributed by atoms with Gasteiger partial charge in [0.05, 0.1) is 17.8 Å². The molecule has 27 heavy (non-hydrogen) atoms. The average molecular weight is 384 g/mol. The van der Waals surface area contributed by atoms with Gasteiger partial charge in [-0.05, 0) is 55.8 Å². The summed E-state index contributed by atoms with van der Waals surface area (Å²) in [7, 11) is -3.59. The van der Waals surface area contributed by atoms with Gasteiger partial charge in [0.15, 0.2) is 0 Å². The number of amides is 1. The molecule has 0 unspecified atom stereocenters. The maximum atomic E-state index is 12.4. The summed E-state index contributed by atoms with van der Waals surface area (Å²) in [6.07, 6.45) is 1.77. The van der Waals surface area contributed by atoms with Gasteiger partial charge in [0.2, 0.25) is 10.0 Å². The van der Waals surface area contributed by atoms with Gasteiger partial charge >= 0.3 is 0 Å². The highest BCUT2D eigenvalue weighted by molar-refractivity contribution is 7.88. The van der Waals surface area contributed by atoms with E-state index in [0.717, 1.165) is 17.1 Å². The maximum Gasteiger partial charge on any atom is 0.255 e. The third kappa shape index (κ3) is 4.60. The largest absolute Gasteiger partial charge is 0.322 e. The number of aromatic nitrogens is 2. The Morgan fingerprint density at radius 1 is 1.07 bits per heavy atom. The summed E-state index contributed by atoms with van der Waals surface area (Å²) in [5, 5.41) is 7.84. The summed E-state index contributed by atoms with van der Waals surface area (Å²) >= 11 is 0. The van der Waals surface area contributed by atoms with E-state index in [1.165, 1.54) is 0 Å².